The normalized spacial score (nSPS) is 17.6. The lowest BCUT2D eigenvalue weighted by Crippen LogP contribution is -2.49. The number of likely N-dealkylation sites (tertiary alicyclic amines) is 1. The van der Waals surface area contributed by atoms with Gasteiger partial charge in [0.2, 0.25) is 0 Å². The molecule has 1 aliphatic heterocycles. The number of likely N-dealkylation sites (N-methyl/N-ethyl adjacent to an activating group) is 1. The molecule has 0 saturated carbocycles. The first-order valence-corrected chi connectivity index (χ1v) is 10.3. The summed E-state index contributed by atoms with van der Waals surface area (Å²) >= 11 is 0. The predicted octanol–water partition coefficient (Wildman–Crippen LogP) is 2.32. The minimum atomic E-state index is 0. The number of rotatable bonds is 8. The Bertz CT molecular complexity index is 577. The number of nitrogens with one attached hydrogen (secondary N) is 2. The van der Waals surface area contributed by atoms with Gasteiger partial charge >= 0.3 is 0 Å². The van der Waals surface area contributed by atoms with Crippen LogP contribution in [0.1, 0.15) is 45.2 Å². The molecular weight excluding hydrogens is 465 g/mol. The number of nitrogens with zero attached hydrogens (tertiary/aromatic N) is 5. The largest absolute Gasteiger partial charge is 0.357 e. The van der Waals surface area contributed by atoms with Gasteiger partial charge in [-0.15, -0.1) is 24.0 Å². The Morgan fingerprint density at radius 3 is 2.50 bits per heavy atom. The molecule has 1 fully saturated rings. The maximum absolute atomic E-state index is 4.88. The number of halogens is 1. The van der Waals surface area contributed by atoms with Crippen molar-refractivity contribution < 1.29 is 0 Å². The summed E-state index contributed by atoms with van der Waals surface area (Å²) in [6, 6.07) is 0.726. The van der Waals surface area contributed by atoms with Crippen LogP contribution in [0.5, 0.6) is 0 Å². The van der Waals surface area contributed by atoms with Gasteiger partial charge in [-0.25, -0.2) is 0 Å². The number of hydrogen-bond donors (Lipinski definition) is 2. The monoisotopic (exact) mass is 505 g/mol. The first kappa shape index (κ1) is 25.2. The Hall–Kier alpha value is -0.870. The molecule has 1 atom stereocenters. The van der Waals surface area contributed by atoms with Gasteiger partial charge in [0.05, 0.1) is 18.8 Å². The molecule has 0 amide bonds. The fourth-order valence-electron chi connectivity index (χ4n) is 3.65. The standard InChI is InChI=1S/C20H39N7.HI/c1-7-21-20(24-18-8-10-27(11-9-18)14-16(2)3)22-13-19(25(4)5)17-12-23-26(6)15-17;/h12,15-16,18-19H,7-11,13-14H2,1-6H3,(H2,21,22,24);1H. The van der Waals surface area contributed by atoms with E-state index in [4.69, 9.17) is 4.99 Å². The molecule has 2 heterocycles. The van der Waals surface area contributed by atoms with Crippen molar-refractivity contribution in [3.8, 4) is 0 Å². The van der Waals surface area contributed by atoms with Crippen molar-refractivity contribution in [2.24, 2.45) is 18.0 Å². The molecule has 7 nitrogen and oxygen atoms in total. The molecule has 0 radical (unpaired) electrons. The van der Waals surface area contributed by atoms with Crippen LogP contribution in [0.25, 0.3) is 0 Å². The van der Waals surface area contributed by atoms with Crippen LogP contribution in [0, 0.1) is 5.92 Å². The molecule has 8 heteroatoms. The predicted molar refractivity (Wildman–Crippen MR) is 128 cm³/mol. The van der Waals surface area contributed by atoms with E-state index >= 15 is 0 Å². The molecule has 162 valence electrons. The van der Waals surface area contributed by atoms with E-state index in [0.717, 1.165) is 18.4 Å². The molecule has 1 aliphatic rings. The van der Waals surface area contributed by atoms with Crippen molar-refractivity contribution >= 4 is 29.9 Å². The molecule has 1 aromatic rings. The third-order valence-electron chi connectivity index (χ3n) is 5.05. The lowest BCUT2D eigenvalue weighted by Gasteiger charge is -2.34. The number of aryl methyl sites for hydroxylation is 1. The second kappa shape index (κ2) is 12.6. The maximum atomic E-state index is 4.88. The van der Waals surface area contributed by atoms with Gasteiger partial charge in [0.25, 0.3) is 0 Å². The molecule has 0 spiro atoms. The number of hydrogen-bond acceptors (Lipinski definition) is 4. The van der Waals surface area contributed by atoms with Crippen LogP contribution in [-0.4, -0.2) is 78.4 Å². The van der Waals surface area contributed by atoms with Crippen LogP contribution in [0.3, 0.4) is 0 Å². The molecule has 28 heavy (non-hydrogen) atoms. The Labute approximate surface area is 188 Å². The van der Waals surface area contributed by atoms with Gasteiger partial charge in [0.1, 0.15) is 0 Å². The fourth-order valence-corrected chi connectivity index (χ4v) is 3.65. The van der Waals surface area contributed by atoms with Crippen LogP contribution < -0.4 is 10.6 Å². The number of piperidine rings is 1. The molecule has 1 aromatic heterocycles. The highest BCUT2D eigenvalue weighted by Gasteiger charge is 2.21. The summed E-state index contributed by atoms with van der Waals surface area (Å²) in [6.07, 6.45) is 6.36. The lowest BCUT2D eigenvalue weighted by atomic mass is 10.0. The second-order valence-electron chi connectivity index (χ2n) is 8.26. The highest BCUT2D eigenvalue weighted by Crippen LogP contribution is 2.18. The Kier molecular flexibility index (Phi) is 11.4. The molecule has 1 saturated heterocycles. The molecule has 2 N–H and O–H groups in total. The Morgan fingerprint density at radius 2 is 2.00 bits per heavy atom. The van der Waals surface area contributed by atoms with Gasteiger partial charge in [0.15, 0.2) is 5.96 Å². The average Bonchev–Trinajstić information content (AvgIpc) is 3.02. The molecule has 0 aliphatic carbocycles. The van der Waals surface area contributed by atoms with E-state index in [1.54, 1.807) is 0 Å². The van der Waals surface area contributed by atoms with Crippen LogP contribution in [-0.2, 0) is 7.05 Å². The van der Waals surface area contributed by atoms with Crippen molar-refractivity contribution in [3.63, 3.8) is 0 Å². The topological polar surface area (TPSA) is 60.7 Å². The Morgan fingerprint density at radius 1 is 1.32 bits per heavy atom. The zero-order valence-electron chi connectivity index (χ0n) is 18.5. The summed E-state index contributed by atoms with van der Waals surface area (Å²) in [4.78, 5) is 9.67. The van der Waals surface area contributed by atoms with E-state index in [2.05, 4.69) is 66.6 Å². The smallest absolute Gasteiger partial charge is 0.191 e. The van der Waals surface area contributed by atoms with Gasteiger partial charge in [0, 0.05) is 51.0 Å². The van der Waals surface area contributed by atoms with E-state index in [0.29, 0.717) is 12.6 Å². The highest BCUT2D eigenvalue weighted by molar-refractivity contribution is 14.0. The highest BCUT2D eigenvalue weighted by atomic mass is 127. The molecule has 0 bridgehead atoms. The quantitative estimate of drug-likeness (QED) is 0.323. The van der Waals surface area contributed by atoms with Gasteiger partial charge < -0.3 is 20.4 Å². The summed E-state index contributed by atoms with van der Waals surface area (Å²) in [6.45, 7) is 11.8. The summed E-state index contributed by atoms with van der Waals surface area (Å²) in [5, 5.41) is 11.4. The fraction of sp³-hybridized carbons (Fsp3) is 0.800. The average molecular weight is 505 g/mol. The zero-order chi connectivity index (χ0) is 19.8. The first-order valence-electron chi connectivity index (χ1n) is 10.3. The van der Waals surface area contributed by atoms with Gasteiger partial charge in [-0.3, -0.25) is 9.67 Å². The number of guanidine groups is 1. The van der Waals surface area contributed by atoms with Gasteiger partial charge in [-0.2, -0.15) is 5.10 Å². The SMILES string of the molecule is CCNC(=NCC(c1cnn(C)c1)N(C)C)NC1CCN(CC(C)C)CC1.I. The summed E-state index contributed by atoms with van der Waals surface area (Å²) in [5.41, 5.74) is 1.20. The van der Waals surface area contributed by atoms with Crippen LogP contribution in [0.4, 0.5) is 0 Å². The molecule has 0 aromatic carbocycles. The summed E-state index contributed by atoms with van der Waals surface area (Å²) in [5.74, 6) is 1.67. The van der Waals surface area contributed by atoms with Crippen LogP contribution >= 0.6 is 24.0 Å². The minimum absolute atomic E-state index is 0. The van der Waals surface area contributed by atoms with Gasteiger partial charge in [-0.05, 0) is 39.8 Å². The first-order chi connectivity index (χ1) is 12.9. The van der Waals surface area contributed by atoms with Crippen molar-refractivity contribution in [3.05, 3.63) is 18.0 Å². The number of aromatic nitrogens is 2. The van der Waals surface area contributed by atoms with E-state index in [-0.39, 0.29) is 30.0 Å². The second-order valence-corrected chi connectivity index (χ2v) is 8.26. The maximum Gasteiger partial charge on any atom is 0.191 e. The summed E-state index contributed by atoms with van der Waals surface area (Å²) < 4.78 is 1.85. The van der Waals surface area contributed by atoms with Gasteiger partial charge in [-0.1, -0.05) is 13.8 Å². The van der Waals surface area contributed by atoms with Crippen molar-refractivity contribution in [1.29, 1.82) is 0 Å². The molecule has 2 rings (SSSR count). The van der Waals surface area contributed by atoms with Crippen molar-refractivity contribution in [2.75, 3.05) is 46.8 Å². The third-order valence-corrected chi connectivity index (χ3v) is 5.05. The summed E-state index contributed by atoms with van der Waals surface area (Å²) in [7, 11) is 6.15. The minimum Gasteiger partial charge on any atom is -0.357 e. The Balaban J connectivity index is 0.00000392. The third kappa shape index (κ3) is 8.24. The van der Waals surface area contributed by atoms with E-state index in [9.17, 15) is 0 Å². The van der Waals surface area contributed by atoms with E-state index in [1.165, 1.54) is 38.0 Å². The molecular formula is C20H40IN7. The van der Waals surface area contributed by atoms with Crippen LogP contribution in [0.2, 0.25) is 0 Å². The zero-order valence-corrected chi connectivity index (χ0v) is 20.8. The number of aliphatic imine (C=N–C) groups is 1. The van der Waals surface area contributed by atoms with Crippen LogP contribution in [0.15, 0.2) is 17.4 Å². The van der Waals surface area contributed by atoms with Crippen molar-refractivity contribution in [2.45, 2.75) is 45.7 Å². The molecule has 1 unspecified atom stereocenters. The van der Waals surface area contributed by atoms with E-state index in [1.807, 2.05) is 17.9 Å². The van der Waals surface area contributed by atoms with Crippen molar-refractivity contribution in [1.82, 2.24) is 30.2 Å². The lowest BCUT2D eigenvalue weighted by molar-refractivity contribution is 0.187. The van der Waals surface area contributed by atoms with E-state index < -0.39 is 0 Å².